The minimum atomic E-state index is -3.57. The van der Waals surface area contributed by atoms with Crippen LogP contribution in [0.1, 0.15) is 29.9 Å². The first-order chi connectivity index (χ1) is 16.5. The first-order valence-corrected chi connectivity index (χ1v) is 13.5. The van der Waals surface area contributed by atoms with Crippen LogP contribution >= 0.6 is 0 Å². The topological polar surface area (TPSA) is 60.9 Å². The monoisotopic (exact) mass is 476 g/mol. The number of aliphatic hydroxyl groups is 1. The van der Waals surface area contributed by atoms with E-state index in [-0.39, 0.29) is 24.6 Å². The quantitative estimate of drug-likeness (QED) is 0.597. The Morgan fingerprint density at radius 2 is 1.59 bits per heavy atom. The first kappa shape index (κ1) is 23.2. The number of sulfonamides is 1. The lowest BCUT2D eigenvalue weighted by Crippen LogP contribution is -2.67. The highest BCUT2D eigenvalue weighted by Gasteiger charge is 2.50. The molecule has 3 atom stereocenters. The maximum absolute atomic E-state index is 13.5. The van der Waals surface area contributed by atoms with Crippen LogP contribution in [-0.4, -0.2) is 61.1 Å². The number of hydrogen-bond acceptors (Lipinski definition) is 4. The van der Waals surface area contributed by atoms with Gasteiger partial charge in [0.05, 0.1) is 11.5 Å². The molecule has 2 fully saturated rings. The van der Waals surface area contributed by atoms with Gasteiger partial charge in [0, 0.05) is 31.1 Å². The molecule has 1 N–H and O–H groups in total. The van der Waals surface area contributed by atoms with Gasteiger partial charge in [-0.1, -0.05) is 66.7 Å². The SMILES string of the molecule is Cc1cccc(S(=O)(=O)N2CCCCN3[C@@H](CO)[C@H](c4ccc(-c5ccccc5)cc4)[C@@H]3C2)c1. The number of nitrogens with zero attached hydrogens (tertiary/aromatic N) is 2. The molecular weight excluding hydrogens is 444 g/mol. The molecule has 0 aromatic heterocycles. The van der Waals surface area contributed by atoms with E-state index >= 15 is 0 Å². The molecule has 6 heteroatoms. The van der Waals surface area contributed by atoms with Crippen molar-refractivity contribution in [2.24, 2.45) is 0 Å². The molecule has 2 aliphatic heterocycles. The van der Waals surface area contributed by atoms with E-state index in [1.54, 1.807) is 22.5 Å². The average molecular weight is 477 g/mol. The molecule has 0 amide bonds. The molecule has 0 unspecified atom stereocenters. The number of benzene rings is 3. The number of aliphatic hydroxyl groups excluding tert-OH is 1. The van der Waals surface area contributed by atoms with Crippen LogP contribution in [-0.2, 0) is 10.0 Å². The van der Waals surface area contributed by atoms with E-state index in [1.807, 2.05) is 31.2 Å². The molecule has 0 radical (unpaired) electrons. The minimum Gasteiger partial charge on any atom is -0.395 e. The summed E-state index contributed by atoms with van der Waals surface area (Å²) in [6, 6.07) is 26.1. The highest BCUT2D eigenvalue weighted by molar-refractivity contribution is 7.89. The van der Waals surface area contributed by atoms with Crippen molar-refractivity contribution in [2.45, 2.75) is 42.7 Å². The van der Waals surface area contributed by atoms with Gasteiger partial charge in [-0.3, -0.25) is 4.90 Å². The summed E-state index contributed by atoms with van der Waals surface area (Å²) in [5.74, 6) is 0.100. The van der Waals surface area contributed by atoms with Gasteiger partial charge in [-0.05, 0) is 60.7 Å². The normalized spacial score (nSPS) is 24.0. The fourth-order valence-electron chi connectivity index (χ4n) is 5.58. The van der Waals surface area contributed by atoms with E-state index in [4.69, 9.17) is 0 Å². The number of rotatable bonds is 5. The largest absolute Gasteiger partial charge is 0.395 e. The molecule has 2 saturated heterocycles. The highest BCUT2D eigenvalue weighted by Crippen LogP contribution is 2.43. The summed E-state index contributed by atoms with van der Waals surface area (Å²) in [4.78, 5) is 2.68. The Labute approximate surface area is 202 Å². The van der Waals surface area contributed by atoms with Gasteiger partial charge in [0.25, 0.3) is 0 Å². The Hall–Kier alpha value is -2.51. The zero-order chi connectivity index (χ0) is 23.7. The number of aryl methyl sites for hydroxylation is 1. The van der Waals surface area contributed by atoms with Crippen LogP contribution in [0.4, 0.5) is 0 Å². The molecule has 3 aromatic carbocycles. The third-order valence-corrected chi connectivity index (χ3v) is 9.22. The van der Waals surface area contributed by atoms with Crippen molar-refractivity contribution < 1.29 is 13.5 Å². The Morgan fingerprint density at radius 1 is 0.882 bits per heavy atom. The predicted octanol–water partition coefficient (Wildman–Crippen LogP) is 4.28. The van der Waals surface area contributed by atoms with E-state index in [0.29, 0.717) is 18.0 Å². The second-order valence-electron chi connectivity index (χ2n) is 9.46. The fourth-order valence-corrected chi connectivity index (χ4v) is 7.18. The van der Waals surface area contributed by atoms with Crippen LogP contribution in [0.25, 0.3) is 11.1 Å². The lowest BCUT2D eigenvalue weighted by Gasteiger charge is -2.57. The van der Waals surface area contributed by atoms with E-state index in [0.717, 1.165) is 36.1 Å². The van der Waals surface area contributed by atoms with Crippen LogP contribution in [0.15, 0.2) is 83.8 Å². The van der Waals surface area contributed by atoms with Gasteiger partial charge in [-0.25, -0.2) is 8.42 Å². The first-order valence-electron chi connectivity index (χ1n) is 12.1. The zero-order valence-electron chi connectivity index (χ0n) is 19.5. The molecule has 0 spiro atoms. The summed E-state index contributed by atoms with van der Waals surface area (Å²) in [7, 11) is -3.57. The third kappa shape index (κ3) is 4.31. The lowest BCUT2D eigenvalue weighted by atomic mass is 9.74. The maximum Gasteiger partial charge on any atom is 0.243 e. The lowest BCUT2D eigenvalue weighted by molar-refractivity contribution is -0.0553. The minimum absolute atomic E-state index is 0.0224. The van der Waals surface area contributed by atoms with Crippen LogP contribution in [0.5, 0.6) is 0 Å². The van der Waals surface area contributed by atoms with Crippen molar-refractivity contribution in [2.75, 3.05) is 26.2 Å². The van der Waals surface area contributed by atoms with Gasteiger partial charge in [0.1, 0.15) is 0 Å². The molecule has 0 aliphatic carbocycles. The molecule has 0 saturated carbocycles. The van der Waals surface area contributed by atoms with Gasteiger partial charge in [0.15, 0.2) is 0 Å². The molecule has 2 heterocycles. The van der Waals surface area contributed by atoms with Crippen LogP contribution < -0.4 is 0 Å². The average Bonchev–Trinajstić information content (AvgIpc) is 2.84. The molecule has 3 aromatic rings. The van der Waals surface area contributed by atoms with Crippen molar-refractivity contribution in [3.8, 4) is 11.1 Å². The molecule has 178 valence electrons. The summed E-state index contributed by atoms with van der Waals surface area (Å²) >= 11 is 0. The van der Waals surface area contributed by atoms with Crippen LogP contribution in [0, 0.1) is 6.92 Å². The van der Waals surface area contributed by atoms with E-state index in [2.05, 4.69) is 41.3 Å². The molecule has 0 bridgehead atoms. The van der Waals surface area contributed by atoms with Crippen LogP contribution in [0.3, 0.4) is 0 Å². The molecular formula is C28H32N2O3S. The number of hydrogen-bond donors (Lipinski definition) is 1. The predicted molar refractivity (Wildman–Crippen MR) is 135 cm³/mol. The standard InChI is InChI=1S/C28H32N2O3S/c1-21-8-7-11-25(18-21)34(32,33)29-16-5-6-17-30-26(19-29)28(27(30)20-31)24-14-12-23(13-15-24)22-9-3-2-4-10-22/h2-4,7-15,18,26-28,31H,5-6,16-17,19-20H2,1H3/t26-,27-,28+/m0/s1. The Balaban J connectivity index is 1.43. The maximum atomic E-state index is 13.5. The second kappa shape index (κ2) is 9.62. The van der Waals surface area contributed by atoms with Crippen molar-refractivity contribution in [1.29, 1.82) is 0 Å². The van der Waals surface area contributed by atoms with Gasteiger partial charge >= 0.3 is 0 Å². The number of fused-ring (bicyclic) bond motifs is 1. The Bertz CT molecular complexity index is 1230. The summed E-state index contributed by atoms with van der Waals surface area (Å²) in [5, 5.41) is 10.2. The summed E-state index contributed by atoms with van der Waals surface area (Å²) in [5.41, 5.74) is 4.43. The third-order valence-electron chi connectivity index (χ3n) is 7.36. The van der Waals surface area contributed by atoms with Crippen molar-refractivity contribution in [1.82, 2.24) is 9.21 Å². The van der Waals surface area contributed by atoms with Crippen molar-refractivity contribution >= 4 is 10.0 Å². The van der Waals surface area contributed by atoms with Gasteiger partial charge in [-0.15, -0.1) is 0 Å². The van der Waals surface area contributed by atoms with E-state index in [1.165, 1.54) is 5.56 Å². The molecule has 5 nitrogen and oxygen atoms in total. The molecule has 2 aliphatic rings. The summed E-state index contributed by atoms with van der Waals surface area (Å²) in [6.07, 6.45) is 1.75. The van der Waals surface area contributed by atoms with Crippen molar-refractivity contribution in [3.05, 3.63) is 90.0 Å². The Morgan fingerprint density at radius 3 is 2.29 bits per heavy atom. The fraction of sp³-hybridized carbons (Fsp3) is 0.357. The van der Waals surface area contributed by atoms with Crippen molar-refractivity contribution in [3.63, 3.8) is 0 Å². The Kier molecular flexibility index (Phi) is 6.58. The molecule has 34 heavy (non-hydrogen) atoms. The summed E-state index contributed by atoms with van der Waals surface area (Å²) in [6.45, 7) is 3.86. The summed E-state index contributed by atoms with van der Waals surface area (Å²) < 4.78 is 28.7. The highest BCUT2D eigenvalue weighted by atomic mass is 32.2. The van der Waals surface area contributed by atoms with Gasteiger partial charge < -0.3 is 5.11 Å². The van der Waals surface area contributed by atoms with E-state index < -0.39 is 10.0 Å². The van der Waals surface area contributed by atoms with E-state index in [9.17, 15) is 13.5 Å². The second-order valence-corrected chi connectivity index (χ2v) is 11.4. The van der Waals surface area contributed by atoms with Gasteiger partial charge in [0.2, 0.25) is 10.0 Å². The zero-order valence-corrected chi connectivity index (χ0v) is 20.4. The smallest absolute Gasteiger partial charge is 0.243 e. The van der Waals surface area contributed by atoms with Crippen LogP contribution in [0.2, 0.25) is 0 Å². The van der Waals surface area contributed by atoms with Gasteiger partial charge in [-0.2, -0.15) is 4.31 Å². The molecule has 5 rings (SSSR count).